The van der Waals surface area contributed by atoms with Crippen LogP contribution in [0.5, 0.6) is 0 Å². The third kappa shape index (κ3) is 5.73. The monoisotopic (exact) mass is 562 g/mol. The van der Waals surface area contributed by atoms with Crippen molar-refractivity contribution in [1.29, 1.82) is 0 Å². The molecule has 206 valence electrons. The summed E-state index contributed by atoms with van der Waals surface area (Å²) in [6, 6.07) is 7.39. The Hall–Kier alpha value is -2.54. The predicted octanol–water partition coefficient (Wildman–Crippen LogP) is 3.16. The van der Waals surface area contributed by atoms with Crippen molar-refractivity contribution >= 4 is 48.9 Å². The average molecular weight is 563 g/mol. The zero-order valence-electron chi connectivity index (χ0n) is 21.3. The number of amidine groups is 1. The number of benzene rings is 1. The molecule has 1 aromatic heterocycles. The number of nitrogens with zero attached hydrogens (tertiary/aromatic N) is 3. The molecule has 38 heavy (non-hydrogen) atoms. The molecule has 0 radical (unpaired) electrons. The number of carbonyl (C=O) groups is 1. The van der Waals surface area contributed by atoms with E-state index in [0.717, 1.165) is 48.0 Å². The summed E-state index contributed by atoms with van der Waals surface area (Å²) in [5, 5.41) is 5.06. The lowest BCUT2D eigenvalue weighted by atomic mass is 9.88. The van der Waals surface area contributed by atoms with Gasteiger partial charge < -0.3 is 9.88 Å². The number of hydrogen-bond acceptors (Lipinski definition) is 6. The molecule has 2 aliphatic heterocycles. The fourth-order valence-corrected chi connectivity index (χ4v) is 7.49. The van der Waals surface area contributed by atoms with Crippen LogP contribution in [0.25, 0.3) is 17.0 Å². The van der Waals surface area contributed by atoms with Crippen LogP contribution in [0.3, 0.4) is 0 Å². The normalized spacial score (nSPS) is 21.4. The summed E-state index contributed by atoms with van der Waals surface area (Å²) in [6.07, 6.45) is 10.00. The molecule has 1 saturated carbocycles. The summed E-state index contributed by atoms with van der Waals surface area (Å²) >= 11 is 0. The van der Waals surface area contributed by atoms with Gasteiger partial charge >= 0.3 is 0 Å². The van der Waals surface area contributed by atoms with Gasteiger partial charge in [0, 0.05) is 48.1 Å². The van der Waals surface area contributed by atoms with Gasteiger partial charge in [-0.3, -0.25) is 14.3 Å². The summed E-state index contributed by atoms with van der Waals surface area (Å²) in [5.41, 5.74) is 0.718. The summed E-state index contributed by atoms with van der Waals surface area (Å²) in [7, 11) is -7.72. The maximum atomic E-state index is 13.1. The maximum absolute atomic E-state index is 13.1. The van der Waals surface area contributed by atoms with Crippen molar-refractivity contribution in [2.75, 3.05) is 18.8 Å². The first kappa shape index (κ1) is 27.0. The van der Waals surface area contributed by atoms with Crippen LogP contribution in [-0.4, -0.2) is 66.4 Å². The molecular weight excluding hydrogens is 528 g/mol. The lowest BCUT2D eigenvalue weighted by molar-refractivity contribution is -0.125. The van der Waals surface area contributed by atoms with Gasteiger partial charge in [-0.25, -0.2) is 8.42 Å². The van der Waals surface area contributed by atoms with Crippen LogP contribution in [0, 0.1) is 5.92 Å². The van der Waals surface area contributed by atoms with Crippen molar-refractivity contribution in [3.63, 3.8) is 0 Å². The Morgan fingerprint density at radius 3 is 2.53 bits per heavy atom. The summed E-state index contributed by atoms with van der Waals surface area (Å²) in [4.78, 5) is 17.7. The van der Waals surface area contributed by atoms with Crippen molar-refractivity contribution in [3.05, 3.63) is 41.4 Å². The van der Waals surface area contributed by atoms with E-state index in [2.05, 4.69) is 5.32 Å². The molecule has 1 aliphatic carbocycles. The minimum absolute atomic E-state index is 0.0987. The van der Waals surface area contributed by atoms with E-state index in [1.807, 2.05) is 35.0 Å². The minimum Gasteiger partial charge on any atom is -0.347 e. The van der Waals surface area contributed by atoms with Crippen molar-refractivity contribution in [2.24, 2.45) is 10.9 Å². The second-order valence-electron chi connectivity index (χ2n) is 10.5. The largest absolute Gasteiger partial charge is 0.347 e. The zero-order chi connectivity index (χ0) is 27.0. The van der Waals surface area contributed by atoms with E-state index in [-0.39, 0.29) is 31.2 Å². The molecule has 0 bridgehead atoms. The fourth-order valence-electron chi connectivity index (χ4n) is 5.81. The molecule has 3 heterocycles. The molecule has 0 unspecified atom stereocenters. The van der Waals surface area contributed by atoms with Gasteiger partial charge in [0.2, 0.25) is 10.0 Å². The Bertz CT molecular complexity index is 1480. The lowest BCUT2D eigenvalue weighted by Crippen LogP contribution is -2.50. The van der Waals surface area contributed by atoms with Crippen molar-refractivity contribution in [3.8, 4) is 0 Å². The van der Waals surface area contributed by atoms with Crippen LogP contribution in [0.1, 0.15) is 56.9 Å². The minimum atomic E-state index is -4.02. The third-order valence-electron chi connectivity index (χ3n) is 7.97. The van der Waals surface area contributed by atoms with Crippen LogP contribution in [0.15, 0.2) is 40.9 Å². The molecule has 12 heteroatoms. The van der Waals surface area contributed by atoms with E-state index in [9.17, 15) is 21.6 Å². The Kier molecular flexibility index (Phi) is 7.51. The first-order valence-electron chi connectivity index (χ1n) is 13.2. The number of aromatic nitrogens is 1. The Morgan fingerprint density at radius 2 is 1.82 bits per heavy atom. The topological polar surface area (TPSA) is 138 Å². The highest BCUT2D eigenvalue weighted by molar-refractivity contribution is 7.92. The second-order valence-corrected chi connectivity index (χ2v) is 13.9. The zero-order valence-corrected chi connectivity index (χ0v) is 22.9. The summed E-state index contributed by atoms with van der Waals surface area (Å²) in [5.74, 6) is 0.677. The van der Waals surface area contributed by atoms with Gasteiger partial charge in [-0.2, -0.15) is 12.7 Å². The number of rotatable bonds is 8. The van der Waals surface area contributed by atoms with Crippen LogP contribution >= 0.6 is 0 Å². The van der Waals surface area contributed by atoms with Crippen molar-refractivity contribution < 1.29 is 26.2 Å². The number of sulfonamides is 1. The number of aliphatic imine (C=N–C) groups is 1. The molecular formula is C26H34N4O6S2. The van der Waals surface area contributed by atoms with Gasteiger partial charge in [0.1, 0.15) is 11.4 Å². The molecule has 2 fully saturated rings. The first-order chi connectivity index (χ1) is 18.1. The van der Waals surface area contributed by atoms with Gasteiger partial charge in [0.15, 0.2) is 0 Å². The second kappa shape index (κ2) is 10.6. The number of nitrogens with one attached hydrogen (secondary N) is 1. The Balaban J connectivity index is 1.25. The number of amides is 1. The van der Waals surface area contributed by atoms with E-state index in [1.165, 1.54) is 16.1 Å². The van der Waals surface area contributed by atoms with E-state index in [4.69, 9.17) is 9.55 Å². The highest BCUT2D eigenvalue weighted by Crippen LogP contribution is 2.35. The van der Waals surface area contributed by atoms with E-state index in [1.54, 1.807) is 6.08 Å². The highest BCUT2D eigenvalue weighted by atomic mass is 32.2. The van der Waals surface area contributed by atoms with Crippen LogP contribution in [-0.2, 0) is 31.5 Å². The van der Waals surface area contributed by atoms with Crippen molar-refractivity contribution in [2.45, 2.75) is 63.5 Å². The molecule has 1 spiro atoms. The molecule has 1 amide bonds. The SMILES string of the molecule is O=C1NC(C2CCCCC2)=NC12CCN(S(=O)(=O)C=Cc1cccc3c1ccn3CCCS(=O)(=O)O)CC2. The van der Waals surface area contributed by atoms with Crippen molar-refractivity contribution in [1.82, 2.24) is 14.2 Å². The molecule has 10 nitrogen and oxygen atoms in total. The Morgan fingerprint density at radius 1 is 1.08 bits per heavy atom. The summed E-state index contributed by atoms with van der Waals surface area (Å²) < 4.78 is 60.6. The van der Waals surface area contributed by atoms with E-state index >= 15 is 0 Å². The first-order valence-corrected chi connectivity index (χ1v) is 16.3. The maximum Gasteiger partial charge on any atom is 0.264 e. The average Bonchev–Trinajstić information content (AvgIpc) is 3.44. The van der Waals surface area contributed by atoms with Gasteiger partial charge in [0.05, 0.1) is 5.75 Å². The quantitative estimate of drug-likeness (QED) is 0.474. The molecule has 3 aliphatic rings. The smallest absolute Gasteiger partial charge is 0.264 e. The fraction of sp³-hybridized carbons (Fsp3) is 0.538. The van der Waals surface area contributed by atoms with Gasteiger partial charge in [-0.05, 0) is 55.9 Å². The predicted molar refractivity (Wildman–Crippen MR) is 147 cm³/mol. The lowest BCUT2D eigenvalue weighted by Gasteiger charge is -2.34. The number of fused-ring (bicyclic) bond motifs is 1. The molecule has 1 aromatic carbocycles. The molecule has 0 atom stereocenters. The van der Waals surface area contributed by atoms with Crippen LogP contribution in [0.2, 0.25) is 0 Å². The van der Waals surface area contributed by atoms with E-state index < -0.39 is 25.7 Å². The van der Waals surface area contributed by atoms with Gasteiger partial charge in [0.25, 0.3) is 16.0 Å². The van der Waals surface area contributed by atoms with Crippen LogP contribution < -0.4 is 5.32 Å². The molecule has 1 saturated heterocycles. The van der Waals surface area contributed by atoms with Crippen LogP contribution in [0.4, 0.5) is 0 Å². The number of piperidine rings is 1. The highest BCUT2D eigenvalue weighted by Gasteiger charge is 2.48. The molecule has 2 N–H and O–H groups in total. The third-order valence-corrected chi connectivity index (χ3v) is 10.3. The van der Waals surface area contributed by atoms with E-state index in [0.29, 0.717) is 25.3 Å². The molecule has 2 aromatic rings. The standard InChI is InChI=1S/C26H34N4O6S2/c31-25-26(28-24(27-25)21-6-2-1-3-7-21)12-16-30(17-13-26)37(32,33)19-11-20-8-4-9-23-22(20)10-15-29(23)14-5-18-38(34,35)36/h4,8-11,15,19,21H,1-3,5-7,12-14,16-18H2,(H,27,28,31)(H,34,35,36). The summed E-state index contributed by atoms with van der Waals surface area (Å²) in [6.45, 7) is 0.870. The Labute approximate surface area is 223 Å². The number of hydrogen-bond donors (Lipinski definition) is 2. The molecule has 5 rings (SSSR count). The number of carbonyl (C=O) groups excluding carboxylic acids is 1. The van der Waals surface area contributed by atoms with Gasteiger partial charge in [-0.1, -0.05) is 31.4 Å². The number of aryl methyl sites for hydroxylation is 1. The van der Waals surface area contributed by atoms with Gasteiger partial charge in [-0.15, -0.1) is 0 Å².